The number of benzene rings is 1. The van der Waals surface area contributed by atoms with Crippen molar-refractivity contribution in [3.63, 3.8) is 0 Å². The molecule has 1 fully saturated rings. The van der Waals surface area contributed by atoms with E-state index in [1.165, 1.54) is 5.56 Å². The fourth-order valence-corrected chi connectivity index (χ4v) is 3.80. The molecule has 140 valence electrons. The van der Waals surface area contributed by atoms with Crippen LogP contribution in [-0.2, 0) is 13.1 Å². The van der Waals surface area contributed by atoms with Crippen LogP contribution in [0, 0.1) is 0 Å². The van der Waals surface area contributed by atoms with Crippen molar-refractivity contribution in [3.05, 3.63) is 47.0 Å². The Bertz CT molecular complexity index is 704. The molecule has 1 saturated heterocycles. The summed E-state index contributed by atoms with van der Waals surface area (Å²) in [5.74, 6) is 0.962. The van der Waals surface area contributed by atoms with E-state index >= 15 is 0 Å². The maximum atomic E-state index is 4.62. The van der Waals surface area contributed by atoms with Crippen molar-refractivity contribution < 1.29 is 0 Å². The average Bonchev–Trinajstić information content (AvgIpc) is 3.14. The molecule has 2 aromatic rings. The smallest absolute Gasteiger partial charge is 0.194 e. The number of anilines is 1. The summed E-state index contributed by atoms with van der Waals surface area (Å²) in [6.45, 7) is 5.82. The lowest BCUT2D eigenvalue weighted by atomic mass is 10.2. The molecule has 1 aromatic heterocycles. The lowest BCUT2D eigenvalue weighted by Gasteiger charge is -2.36. The molecule has 3 rings (SSSR count). The molecular weight excluding hydrogens is 344 g/mol. The van der Waals surface area contributed by atoms with Crippen molar-refractivity contribution in [2.45, 2.75) is 13.1 Å². The number of thiazole rings is 1. The molecule has 7 heteroatoms. The number of piperazine rings is 1. The summed E-state index contributed by atoms with van der Waals surface area (Å²) in [6.07, 6.45) is 0. The Morgan fingerprint density at radius 2 is 1.92 bits per heavy atom. The first-order valence-corrected chi connectivity index (χ1v) is 9.87. The highest BCUT2D eigenvalue weighted by Gasteiger charge is 2.19. The van der Waals surface area contributed by atoms with E-state index in [0.29, 0.717) is 6.54 Å². The molecule has 1 aromatic carbocycles. The summed E-state index contributed by atoms with van der Waals surface area (Å²) < 4.78 is 0. The van der Waals surface area contributed by atoms with Crippen molar-refractivity contribution in [2.75, 3.05) is 52.2 Å². The summed E-state index contributed by atoms with van der Waals surface area (Å²) in [5, 5.41) is 6.59. The van der Waals surface area contributed by atoms with Crippen molar-refractivity contribution >= 4 is 22.4 Å². The van der Waals surface area contributed by atoms with E-state index in [-0.39, 0.29) is 0 Å². The number of aromatic nitrogens is 1. The van der Waals surface area contributed by atoms with E-state index in [9.17, 15) is 0 Å². The first-order chi connectivity index (χ1) is 12.7. The van der Waals surface area contributed by atoms with Gasteiger partial charge in [-0.05, 0) is 5.56 Å². The average molecular weight is 373 g/mol. The highest BCUT2D eigenvalue weighted by Crippen LogP contribution is 2.17. The zero-order chi connectivity index (χ0) is 18.4. The van der Waals surface area contributed by atoms with Crippen LogP contribution in [-0.4, -0.2) is 68.1 Å². The number of hydrogen-bond donors (Lipinski definition) is 1. The summed E-state index contributed by atoms with van der Waals surface area (Å²) in [5.41, 5.74) is 2.44. The monoisotopic (exact) mass is 372 g/mol. The number of guanidine groups is 1. The standard InChI is InChI=1S/C19H28N6S/c1-20-18(21-13-17-15-26-19(22-17)23(2)3)25-11-9-24(10-12-25)14-16-7-5-4-6-8-16/h4-8,15H,9-14H2,1-3H3,(H,20,21). The van der Waals surface area contributed by atoms with Gasteiger partial charge in [-0.1, -0.05) is 30.3 Å². The number of nitrogens with zero attached hydrogens (tertiary/aromatic N) is 5. The van der Waals surface area contributed by atoms with Gasteiger partial charge in [-0.25, -0.2) is 4.98 Å². The zero-order valence-corrected chi connectivity index (χ0v) is 16.7. The molecule has 2 heterocycles. The Hall–Kier alpha value is -2.12. The van der Waals surface area contributed by atoms with Gasteiger partial charge in [0.15, 0.2) is 11.1 Å². The quantitative estimate of drug-likeness (QED) is 0.643. The van der Waals surface area contributed by atoms with Crippen LogP contribution in [0.2, 0.25) is 0 Å². The minimum absolute atomic E-state index is 0.710. The third-order valence-corrected chi connectivity index (χ3v) is 5.54. The second kappa shape index (κ2) is 9.00. The van der Waals surface area contributed by atoms with Crippen LogP contribution in [0.1, 0.15) is 11.3 Å². The van der Waals surface area contributed by atoms with Crippen LogP contribution in [0.3, 0.4) is 0 Å². The van der Waals surface area contributed by atoms with Gasteiger partial charge in [0.25, 0.3) is 0 Å². The van der Waals surface area contributed by atoms with Gasteiger partial charge in [0, 0.05) is 59.2 Å². The third kappa shape index (κ3) is 4.95. The Morgan fingerprint density at radius 1 is 1.19 bits per heavy atom. The number of aliphatic imine (C=N–C) groups is 1. The minimum Gasteiger partial charge on any atom is -0.354 e. The molecule has 1 N–H and O–H groups in total. The normalized spacial score (nSPS) is 16.0. The van der Waals surface area contributed by atoms with Crippen molar-refractivity contribution in [1.82, 2.24) is 20.1 Å². The molecule has 0 radical (unpaired) electrons. The number of nitrogens with one attached hydrogen (secondary N) is 1. The van der Waals surface area contributed by atoms with E-state index in [1.807, 2.05) is 26.0 Å². The second-order valence-corrected chi connectivity index (χ2v) is 7.50. The van der Waals surface area contributed by atoms with E-state index in [2.05, 4.69) is 60.8 Å². The first kappa shape index (κ1) is 18.7. The molecule has 0 bridgehead atoms. The summed E-state index contributed by atoms with van der Waals surface area (Å²) in [6, 6.07) is 10.7. The Morgan fingerprint density at radius 3 is 2.54 bits per heavy atom. The summed E-state index contributed by atoms with van der Waals surface area (Å²) >= 11 is 1.67. The van der Waals surface area contributed by atoms with Crippen LogP contribution in [0.25, 0.3) is 0 Å². The lowest BCUT2D eigenvalue weighted by molar-refractivity contribution is 0.172. The van der Waals surface area contributed by atoms with Crippen LogP contribution >= 0.6 is 11.3 Å². The zero-order valence-electron chi connectivity index (χ0n) is 15.9. The van der Waals surface area contributed by atoms with Gasteiger partial charge in [-0.3, -0.25) is 9.89 Å². The molecule has 6 nitrogen and oxygen atoms in total. The fraction of sp³-hybridized carbons (Fsp3) is 0.474. The Labute approximate surface area is 160 Å². The molecule has 0 spiro atoms. The molecule has 0 atom stereocenters. The molecule has 1 aliphatic heterocycles. The SMILES string of the molecule is CN=C(NCc1csc(N(C)C)n1)N1CCN(Cc2ccccc2)CC1. The molecule has 1 aliphatic rings. The minimum atomic E-state index is 0.710. The third-order valence-electron chi connectivity index (χ3n) is 4.48. The summed E-state index contributed by atoms with van der Waals surface area (Å²) in [7, 11) is 5.89. The molecule has 0 amide bonds. The summed E-state index contributed by atoms with van der Waals surface area (Å²) in [4.78, 5) is 15.9. The van der Waals surface area contributed by atoms with Gasteiger partial charge in [0.2, 0.25) is 0 Å². The molecule has 0 saturated carbocycles. The Balaban J connectivity index is 1.47. The van der Waals surface area contributed by atoms with Crippen molar-refractivity contribution in [2.24, 2.45) is 4.99 Å². The molecular formula is C19H28N6S. The fourth-order valence-electron chi connectivity index (χ4n) is 3.04. The van der Waals surface area contributed by atoms with E-state index < -0.39 is 0 Å². The topological polar surface area (TPSA) is 47.0 Å². The van der Waals surface area contributed by atoms with Crippen LogP contribution in [0.4, 0.5) is 5.13 Å². The van der Waals surface area contributed by atoms with E-state index in [4.69, 9.17) is 0 Å². The predicted molar refractivity (Wildman–Crippen MR) is 110 cm³/mol. The lowest BCUT2D eigenvalue weighted by Crippen LogP contribution is -2.52. The van der Waals surface area contributed by atoms with Gasteiger partial charge in [-0.15, -0.1) is 11.3 Å². The first-order valence-electron chi connectivity index (χ1n) is 8.99. The van der Waals surface area contributed by atoms with E-state index in [1.54, 1.807) is 11.3 Å². The van der Waals surface area contributed by atoms with Gasteiger partial charge in [-0.2, -0.15) is 0 Å². The maximum absolute atomic E-state index is 4.62. The van der Waals surface area contributed by atoms with Crippen LogP contribution < -0.4 is 10.2 Å². The number of rotatable bonds is 5. The second-order valence-electron chi connectivity index (χ2n) is 6.67. The van der Waals surface area contributed by atoms with Gasteiger partial charge in [0.1, 0.15) is 0 Å². The number of hydrogen-bond acceptors (Lipinski definition) is 5. The van der Waals surface area contributed by atoms with Crippen LogP contribution in [0.5, 0.6) is 0 Å². The van der Waals surface area contributed by atoms with Gasteiger partial charge >= 0.3 is 0 Å². The molecule has 26 heavy (non-hydrogen) atoms. The van der Waals surface area contributed by atoms with Gasteiger partial charge in [0.05, 0.1) is 12.2 Å². The van der Waals surface area contributed by atoms with Crippen molar-refractivity contribution in [1.29, 1.82) is 0 Å². The molecule has 0 aliphatic carbocycles. The highest BCUT2D eigenvalue weighted by atomic mass is 32.1. The van der Waals surface area contributed by atoms with Crippen LogP contribution in [0.15, 0.2) is 40.7 Å². The molecule has 0 unspecified atom stereocenters. The van der Waals surface area contributed by atoms with Gasteiger partial charge < -0.3 is 15.1 Å². The maximum Gasteiger partial charge on any atom is 0.194 e. The highest BCUT2D eigenvalue weighted by molar-refractivity contribution is 7.13. The largest absolute Gasteiger partial charge is 0.354 e. The predicted octanol–water partition coefficient (Wildman–Crippen LogP) is 2.10. The van der Waals surface area contributed by atoms with Crippen molar-refractivity contribution in [3.8, 4) is 0 Å². The van der Waals surface area contributed by atoms with E-state index in [0.717, 1.165) is 49.5 Å². The Kier molecular flexibility index (Phi) is 6.46.